The second-order valence-electron chi connectivity index (χ2n) is 5.43. The molecule has 2 aromatic carbocycles. The van der Waals surface area contributed by atoms with E-state index < -0.39 is 0 Å². The molecule has 114 valence electrons. The van der Waals surface area contributed by atoms with Crippen LogP contribution >= 0.6 is 0 Å². The van der Waals surface area contributed by atoms with Crippen molar-refractivity contribution in [3.63, 3.8) is 0 Å². The van der Waals surface area contributed by atoms with Gasteiger partial charge in [0.2, 0.25) is 0 Å². The predicted octanol–water partition coefficient (Wildman–Crippen LogP) is 3.55. The summed E-state index contributed by atoms with van der Waals surface area (Å²) in [5.74, 6) is 0.552. The van der Waals surface area contributed by atoms with E-state index in [9.17, 15) is 4.79 Å². The van der Waals surface area contributed by atoms with Crippen LogP contribution in [0.15, 0.2) is 48.5 Å². The van der Waals surface area contributed by atoms with Crippen LogP contribution in [-0.2, 0) is 0 Å². The SMILES string of the molecule is COc1cccc(C(=O)Nc2cccc(N3CCCC3)c2)c1. The van der Waals surface area contributed by atoms with Gasteiger partial charge in [-0.15, -0.1) is 0 Å². The molecule has 1 amide bonds. The van der Waals surface area contributed by atoms with Crippen LogP contribution in [0, 0.1) is 0 Å². The van der Waals surface area contributed by atoms with Crippen molar-refractivity contribution in [3.05, 3.63) is 54.1 Å². The normalized spacial score (nSPS) is 14.0. The summed E-state index contributed by atoms with van der Waals surface area (Å²) in [5.41, 5.74) is 2.57. The van der Waals surface area contributed by atoms with E-state index in [1.807, 2.05) is 30.3 Å². The van der Waals surface area contributed by atoms with Crippen LogP contribution in [0.3, 0.4) is 0 Å². The molecule has 1 fully saturated rings. The van der Waals surface area contributed by atoms with E-state index in [0.29, 0.717) is 11.3 Å². The van der Waals surface area contributed by atoms with Gasteiger partial charge in [-0.3, -0.25) is 4.79 Å². The van der Waals surface area contributed by atoms with Crippen molar-refractivity contribution >= 4 is 17.3 Å². The Balaban J connectivity index is 1.74. The Morgan fingerprint density at radius 2 is 1.86 bits per heavy atom. The van der Waals surface area contributed by atoms with Crippen LogP contribution in [0.4, 0.5) is 11.4 Å². The first kappa shape index (κ1) is 14.4. The number of methoxy groups -OCH3 is 1. The molecule has 0 radical (unpaired) electrons. The first-order chi connectivity index (χ1) is 10.8. The van der Waals surface area contributed by atoms with E-state index >= 15 is 0 Å². The Kier molecular flexibility index (Phi) is 4.28. The fourth-order valence-electron chi connectivity index (χ4n) is 2.72. The number of nitrogens with zero attached hydrogens (tertiary/aromatic N) is 1. The number of amides is 1. The number of carbonyl (C=O) groups is 1. The van der Waals surface area contributed by atoms with E-state index in [4.69, 9.17) is 4.74 Å². The zero-order chi connectivity index (χ0) is 15.4. The predicted molar refractivity (Wildman–Crippen MR) is 88.8 cm³/mol. The minimum atomic E-state index is -0.127. The molecule has 1 saturated heterocycles. The van der Waals surface area contributed by atoms with Gasteiger partial charge in [0.05, 0.1) is 7.11 Å². The average Bonchev–Trinajstić information content (AvgIpc) is 3.10. The van der Waals surface area contributed by atoms with Gasteiger partial charge in [-0.2, -0.15) is 0 Å². The van der Waals surface area contributed by atoms with Crippen molar-refractivity contribution in [2.45, 2.75) is 12.8 Å². The molecule has 4 heteroatoms. The van der Waals surface area contributed by atoms with Gasteiger partial charge in [-0.1, -0.05) is 12.1 Å². The lowest BCUT2D eigenvalue weighted by Gasteiger charge is -2.18. The third-order valence-corrected chi connectivity index (χ3v) is 3.91. The van der Waals surface area contributed by atoms with Crippen LogP contribution in [0.25, 0.3) is 0 Å². The molecule has 1 aliphatic rings. The number of carbonyl (C=O) groups excluding carboxylic acids is 1. The molecule has 0 spiro atoms. The molecule has 1 N–H and O–H groups in total. The molecule has 0 aromatic heterocycles. The maximum atomic E-state index is 12.3. The van der Waals surface area contributed by atoms with Gasteiger partial charge >= 0.3 is 0 Å². The molecule has 0 atom stereocenters. The van der Waals surface area contributed by atoms with E-state index in [2.05, 4.69) is 16.3 Å². The lowest BCUT2D eigenvalue weighted by atomic mass is 10.2. The highest BCUT2D eigenvalue weighted by Gasteiger charge is 2.13. The maximum Gasteiger partial charge on any atom is 0.255 e. The second kappa shape index (κ2) is 6.52. The molecule has 0 saturated carbocycles. The molecule has 1 aliphatic heterocycles. The molecule has 0 bridgehead atoms. The monoisotopic (exact) mass is 296 g/mol. The zero-order valence-electron chi connectivity index (χ0n) is 12.7. The standard InChI is InChI=1S/C18H20N2O2/c1-22-17-9-4-6-14(12-17)18(21)19-15-7-5-8-16(13-15)20-10-2-3-11-20/h4-9,12-13H,2-3,10-11H2,1H3,(H,19,21). The van der Waals surface area contributed by atoms with Gasteiger partial charge in [-0.25, -0.2) is 0 Å². The van der Waals surface area contributed by atoms with Crippen molar-refractivity contribution in [2.24, 2.45) is 0 Å². The summed E-state index contributed by atoms with van der Waals surface area (Å²) in [7, 11) is 1.59. The van der Waals surface area contributed by atoms with Crippen LogP contribution < -0.4 is 15.0 Å². The minimum Gasteiger partial charge on any atom is -0.497 e. The highest BCUT2D eigenvalue weighted by molar-refractivity contribution is 6.04. The average molecular weight is 296 g/mol. The number of anilines is 2. The third kappa shape index (κ3) is 3.22. The Morgan fingerprint density at radius 3 is 2.64 bits per heavy atom. The number of nitrogens with one attached hydrogen (secondary N) is 1. The summed E-state index contributed by atoms with van der Waals surface area (Å²) in [6.45, 7) is 2.18. The van der Waals surface area contributed by atoms with E-state index in [1.165, 1.54) is 18.5 Å². The van der Waals surface area contributed by atoms with E-state index in [1.54, 1.807) is 19.2 Å². The fourth-order valence-corrected chi connectivity index (χ4v) is 2.72. The zero-order valence-corrected chi connectivity index (χ0v) is 12.7. The van der Waals surface area contributed by atoms with E-state index in [0.717, 1.165) is 18.8 Å². The van der Waals surface area contributed by atoms with Crippen molar-refractivity contribution in [1.29, 1.82) is 0 Å². The van der Waals surface area contributed by atoms with Crippen LogP contribution in [0.2, 0.25) is 0 Å². The maximum absolute atomic E-state index is 12.3. The van der Waals surface area contributed by atoms with Gasteiger partial charge in [0.15, 0.2) is 0 Å². The van der Waals surface area contributed by atoms with E-state index in [-0.39, 0.29) is 5.91 Å². The number of rotatable bonds is 4. The number of hydrogen-bond donors (Lipinski definition) is 1. The minimum absolute atomic E-state index is 0.127. The number of benzene rings is 2. The molecule has 3 rings (SSSR count). The third-order valence-electron chi connectivity index (χ3n) is 3.91. The van der Waals surface area contributed by atoms with Crippen molar-refractivity contribution in [1.82, 2.24) is 0 Å². The topological polar surface area (TPSA) is 41.6 Å². The molecule has 0 unspecified atom stereocenters. The van der Waals surface area contributed by atoms with Crippen molar-refractivity contribution in [3.8, 4) is 5.75 Å². The summed E-state index contributed by atoms with van der Waals surface area (Å²) in [6, 6.07) is 15.2. The Morgan fingerprint density at radius 1 is 1.09 bits per heavy atom. The van der Waals surface area contributed by atoms with Gasteiger partial charge in [0.25, 0.3) is 5.91 Å². The van der Waals surface area contributed by atoms with Crippen molar-refractivity contribution in [2.75, 3.05) is 30.4 Å². The smallest absolute Gasteiger partial charge is 0.255 e. The van der Waals surface area contributed by atoms with Gasteiger partial charge in [0, 0.05) is 30.0 Å². The molecule has 22 heavy (non-hydrogen) atoms. The van der Waals surface area contributed by atoms with Crippen molar-refractivity contribution < 1.29 is 9.53 Å². The molecule has 2 aromatic rings. The lowest BCUT2D eigenvalue weighted by molar-refractivity contribution is 0.102. The van der Waals surface area contributed by atoms with Gasteiger partial charge in [-0.05, 0) is 49.2 Å². The lowest BCUT2D eigenvalue weighted by Crippen LogP contribution is -2.18. The van der Waals surface area contributed by atoms with Crippen LogP contribution in [0.1, 0.15) is 23.2 Å². The highest BCUT2D eigenvalue weighted by atomic mass is 16.5. The molecular formula is C18H20N2O2. The van der Waals surface area contributed by atoms with Crippen LogP contribution in [-0.4, -0.2) is 26.1 Å². The second-order valence-corrected chi connectivity index (χ2v) is 5.43. The molecular weight excluding hydrogens is 276 g/mol. The first-order valence-electron chi connectivity index (χ1n) is 7.57. The molecule has 1 heterocycles. The molecule has 0 aliphatic carbocycles. The van der Waals surface area contributed by atoms with Crippen LogP contribution in [0.5, 0.6) is 5.75 Å². The Labute approximate surface area is 130 Å². The summed E-state index contributed by atoms with van der Waals surface area (Å²) in [5, 5.41) is 2.95. The van der Waals surface area contributed by atoms with Gasteiger partial charge < -0.3 is 15.0 Å². The highest BCUT2D eigenvalue weighted by Crippen LogP contribution is 2.24. The number of hydrogen-bond acceptors (Lipinski definition) is 3. The quantitative estimate of drug-likeness (QED) is 0.938. The number of ether oxygens (including phenoxy) is 1. The first-order valence-corrected chi connectivity index (χ1v) is 7.57. The fraction of sp³-hybridized carbons (Fsp3) is 0.278. The summed E-state index contributed by atoms with van der Waals surface area (Å²) in [6.07, 6.45) is 2.47. The summed E-state index contributed by atoms with van der Waals surface area (Å²) in [4.78, 5) is 14.7. The molecule has 4 nitrogen and oxygen atoms in total. The Bertz CT molecular complexity index is 664. The Hall–Kier alpha value is -2.49. The summed E-state index contributed by atoms with van der Waals surface area (Å²) < 4.78 is 5.16. The largest absolute Gasteiger partial charge is 0.497 e. The summed E-state index contributed by atoms with van der Waals surface area (Å²) >= 11 is 0. The van der Waals surface area contributed by atoms with Gasteiger partial charge in [0.1, 0.15) is 5.75 Å².